The Morgan fingerprint density at radius 1 is 1.00 bits per heavy atom. The van der Waals surface area contributed by atoms with Gasteiger partial charge in [0.05, 0.1) is 0 Å². The molecule has 0 aliphatic heterocycles. The summed E-state index contributed by atoms with van der Waals surface area (Å²) >= 11 is 1.78. The average molecular weight is 523 g/mol. The van der Waals surface area contributed by atoms with Gasteiger partial charge in [0.15, 0.2) is 11.4 Å². The molecule has 0 unspecified atom stereocenters. The Hall–Kier alpha value is -2.99. The van der Waals surface area contributed by atoms with Crippen LogP contribution in [0.5, 0.6) is 5.75 Å². The maximum Gasteiger partial charge on any atom is 0.350 e. The second kappa shape index (κ2) is 11.2. The van der Waals surface area contributed by atoms with Crippen molar-refractivity contribution in [2.75, 3.05) is 5.75 Å². The third kappa shape index (κ3) is 7.07. The molecule has 0 saturated carbocycles. The number of hydrogen-bond donors (Lipinski definition) is 0. The lowest BCUT2D eigenvalue weighted by atomic mass is 10.0. The fourth-order valence-corrected chi connectivity index (χ4v) is 4.73. The minimum Gasteiger partial charge on any atom is -0.476 e. The number of furan rings is 1. The summed E-state index contributed by atoms with van der Waals surface area (Å²) in [6.45, 7) is 16.8. The molecule has 0 atom stereocenters. The van der Waals surface area contributed by atoms with Gasteiger partial charge in [-0.1, -0.05) is 13.0 Å². The predicted octanol–water partition coefficient (Wildman–Crippen LogP) is 8.26. The maximum absolute atomic E-state index is 13.0. The predicted molar refractivity (Wildman–Crippen MR) is 152 cm³/mol. The van der Waals surface area contributed by atoms with Gasteiger partial charge in [-0.2, -0.15) is 0 Å². The van der Waals surface area contributed by atoms with Crippen LogP contribution in [0.25, 0.3) is 17.0 Å². The highest BCUT2D eigenvalue weighted by molar-refractivity contribution is 7.99. The minimum absolute atomic E-state index is 0.182. The molecule has 1 aromatic heterocycles. The Bertz CT molecular complexity index is 1310. The van der Waals surface area contributed by atoms with Crippen LogP contribution in [0.2, 0.25) is 0 Å². The van der Waals surface area contributed by atoms with Crippen LogP contribution < -0.4 is 4.74 Å². The molecule has 5 nitrogen and oxygen atoms in total. The van der Waals surface area contributed by atoms with Crippen molar-refractivity contribution in [3.8, 4) is 5.75 Å². The van der Waals surface area contributed by atoms with Crippen molar-refractivity contribution < 1.29 is 23.5 Å². The molecule has 0 aliphatic rings. The van der Waals surface area contributed by atoms with Gasteiger partial charge < -0.3 is 13.9 Å². The van der Waals surface area contributed by atoms with E-state index >= 15 is 0 Å². The molecule has 198 valence electrons. The van der Waals surface area contributed by atoms with Crippen LogP contribution >= 0.6 is 11.8 Å². The number of fused-ring (bicyclic) bond motifs is 1. The van der Waals surface area contributed by atoms with Gasteiger partial charge in [0, 0.05) is 15.8 Å². The topological polar surface area (TPSA) is 65.7 Å². The number of carbonyl (C=O) groups excluding carboxylic acids is 2. The number of esters is 1. The number of allylic oxidation sites excluding steroid dienone is 1. The summed E-state index contributed by atoms with van der Waals surface area (Å²) < 4.78 is 17.6. The summed E-state index contributed by atoms with van der Waals surface area (Å²) in [5.41, 5.74) is 2.41. The van der Waals surface area contributed by atoms with E-state index in [2.05, 4.69) is 13.0 Å². The normalized spacial score (nSPS) is 12.4. The second-order valence-corrected chi connectivity index (χ2v) is 12.0. The Morgan fingerprint density at radius 3 is 2.24 bits per heavy atom. The number of ketones is 1. The standard InChI is InChI=1S/C31H38O5S/c1-10-15-37-23-12-13-24-21(4)28(34-26(24)18-23)25(32)14-11-22-16-19(2)27(20(3)17-22)35-31(8,9)29(33)36-30(5,6)7/h11-14,16-18H,10,15H2,1-9H3/b14-11+. The van der Waals surface area contributed by atoms with Crippen molar-refractivity contribution in [1.29, 1.82) is 0 Å². The Morgan fingerprint density at radius 2 is 1.65 bits per heavy atom. The summed E-state index contributed by atoms with van der Waals surface area (Å²) in [5.74, 6) is 1.42. The Kier molecular flexibility index (Phi) is 8.63. The summed E-state index contributed by atoms with van der Waals surface area (Å²) in [6.07, 6.45) is 4.42. The van der Waals surface area contributed by atoms with Crippen LogP contribution in [0, 0.1) is 20.8 Å². The zero-order valence-electron chi connectivity index (χ0n) is 23.4. The third-order valence-corrected chi connectivity index (χ3v) is 6.96. The van der Waals surface area contributed by atoms with Crippen molar-refractivity contribution >= 4 is 40.6 Å². The van der Waals surface area contributed by atoms with Gasteiger partial charge in [-0.15, -0.1) is 11.8 Å². The first kappa shape index (κ1) is 28.6. The van der Waals surface area contributed by atoms with E-state index in [-0.39, 0.29) is 5.78 Å². The number of aryl methyl sites for hydroxylation is 3. The van der Waals surface area contributed by atoms with Gasteiger partial charge in [0.25, 0.3) is 0 Å². The number of benzene rings is 2. The van der Waals surface area contributed by atoms with E-state index in [1.54, 1.807) is 31.7 Å². The molecule has 0 aliphatic carbocycles. The van der Waals surface area contributed by atoms with E-state index in [0.29, 0.717) is 11.5 Å². The highest BCUT2D eigenvalue weighted by Crippen LogP contribution is 2.32. The molecule has 0 bridgehead atoms. The molecular weight excluding hydrogens is 484 g/mol. The molecule has 0 saturated heterocycles. The first-order valence-electron chi connectivity index (χ1n) is 12.6. The summed E-state index contributed by atoms with van der Waals surface area (Å²) in [4.78, 5) is 26.8. The number of thioether (sulfide) groups is 1. The van der Waals surface area contributed by atoms with Gasteiger partial charge >= 0.3 is 5.97 Å². The van der Waals surface area contributed by atoms with Crippen LogP contribution in [-0.4, -0.2) is 28.7 Å². The third-order valence-electron chi connectivity index (χ3n) is 5.76. The first-order chi connectivity index (χ1) is 17.2. The van der Waals surface area contributed by atoms with Gasteiger partial charge in [0.2, 0.25) is 5.78 Å². The number of ether oxygens (including phenoxy) is 2. The molecule has 3 rings (SSSR count). The van der Waals surface area contributed by atoms with Crippen LogP contribution in [-0.2, 0) is 9.53 Å². The molecule has 3 aromatic rings. The van der Waals surface area contributed by atoms with Crippen LogP contribution in [0.1, 0.15) is 80.8 Å². The van der Waals surface area contributed by atoms with Crippen LogP contribution in [0.15, 0.2) is 45.7 Å². The molecule has 2 aromatic carbocycles. The molecule has 1 heterocycles. The van der Waals surface area contributed by atoms with Crippen molar-refractivity contribution in [2.24, 2.45) is 0 Å². The molecule has 6 heteroatoms. The van der Waals surface area contributed by atoms with E-state index in [4.69, 9.17) is 13.9 Å². The Labute approximate surface area is 224 Å². The highest BCUT2D eigenvalue weighted by Gasteiger charge is 2.35. The molecular formula is C31H38O5S. The van der Waals surface area contributed by atoms with E-state index in [1.165, 1.54) is 6.08 Å². The van der Waals surface area contributed by atoms with Crippen molar-refractivity contribution in [1.82, 2.24) is 0 Å². The van der Waals surface area contributed by atoms with Gasteiger partial charge in [0.1, 0.15) is 16.9 Å². The maximum atomic E-state index is 13.0. The van der Waals surface area contributed by atoms with Crippen molar-refractivity contribution in [3.05, 3.63) is 64.4 Å². The molecule has 0 spiro atoms. The minimum atomic E-state index is -1.15. The molecule has 37 heavy (non-hydrogen) atoms. The molecule has 0 radical (unpaired) electrons. The lowest BCUT2D eigenvalue weighted by molar-refractivity contribution is -0.171. The summed E-state index contributed by atoms with van der Waals surface area (Å²) in [7, 11) is 0. The van der Waals surface area contributed by atoms with Gasteiger partial charge in [-0.25, -0.2) is 4.79 Å². The summed E-state index contributed by atoms with van der Waals surface area (Å²) in [5, 5.41) is 0.957. The van der Waals surface area contributed by atoms with Gasteiger partial charge in [-0.05, 0) is 121 Å². The van der Waals surface area contributed by atoms with Gasteiger partial charge in [-0.3, -0.25) is 4.79 Å². The van der Waals surface area contributed by atoms with Crippen LogP contribution in [0.3, 0.4) is 0 Å². The molecule has 0 amide bonds. The average Bonchev–Trinajstić information content (AvgIpc) is 3.13. The van der Waals surface area contributed by atoms with Crippen LogP contribution in [0.4, 0.5) is 0 Å². The largest absolute Gasteiger partial charge is 0.476 e. The lowest BCUT2D eigenvalue weighted by Gasteiger charge is -2.30. The summed E-state index contributed by atoms with van der Waals surface area (Å²) in [6, 6.07) is 9.97. The fraction of sp³-hybridized carbons (Fsp3) is 0.419. The number of hydrogen-bond acceptors (Lipinski definition) is 6. The fourth-order valence-electron chi connectivity index (χ4n) is 3.94. The SMILES string of the molecule is CCCSc1ccc2c(C)c(C(=O)/C=C/c3cc(C)c(OC(C)(C)C(=O)OC(C)(C)C)c(C)c3)oc2c1. The Balaban J connectivity index is 1.79. The quantitative estimate of drug-likeness (QED) is 0.122. The second-order valence-electron chi connectivity index (χ2n) is 10.9. The lowest BCUT2D eigenvalue weighted by Crippen LogP contribution is -2.43. The van der Waals surface area contributed by atoms with E-state index in [0.717, 1.165) is 50.3 Å². The van der Waals surface area contributed by atoms with E-state index in [1.807, 2.05) is 65.8 Å². The smallest absolute Gasteiger partial charge is 0.350 e. The molecule has 0 fully saturated rings. The van der Waals surface area contributed by atoms with Crippen molar-refractivity contribution in [3.63, 3.8) is 0 Å². The number of rotatable bonds is 9. The molecule has 0 N–H and O–H groups in total. The highest BCUT2D eigenvalue weighted by atomic mass is 32.2. The van der Waals surface area contributed by atoms with E-state index in [9.17, 15) is 9.59 Å². The van der Waals surface area contributed by atoms with E-state index < -0.39 is 17.2 Å². The zero-order valence-corrected chi connectivity index (χ0v) is 24.2. The number of carbonyl (C=O) groups is 2. The monoisotopic (exact) mass is 522 g/mol. The van der Waals surface area contributed by atoms with Crippen molar-refractivity contribution in [2.45, 2.75) is 84.8 Å². The zero-order chi connectivity index (χ0) is 27.5. The first-order valence-corrected chi connectivity index (χ1v) is 13.6.